The number of rotatable bonds is 4. The lowest BCUT2D eigenvalue weighted by atomic mass is 10.1. The maximum Gasteiger partial charge on any atom is -0.0257 e. The van der Waals surface area contributed by atoms with Crippen molar-refractivity contribution < 1.29 is 0 Å². The highest BCUT2D eigenvalue weighted by molar-refractivity contribution is 5.56. The minimum atomic E-state index is 1.22. The Morgan fingerprint density at radius 1 is 0.464 bits per heavy atom. The molecule has 3 aromatic carbocycles. The summed E-state index contributed by atoms with van der Waals surface area (Å²) in [5, 5.41) is 0. The van der Waals surface area contributed by atoms with Gasteiger partial charge in [-0.3, -0.25) is 0 Å². The monoisotopic (exact) mass is 364 g/mol. The van der Waals surface area contributed by atoms with E-state index in [1.165, 1.54) is 42.4 Å². The summed E-state index contributed by atoms with van der Waals surface area (Å²) in [5.74, 6) is 0. The van der Waals surface area contributed by atoms with Gasteiger partial charge in [-0.1, -0.05) is 127 Å². The van der Waals surface area contributed by atoms with Gasteiger partial charge in [-0.25, -0.2) is 0 Å². The molecule has 0 nitrogen and oxygen atoms in total. The Balaban J connectivity index is 0.000000167. The highest BCUT2D eigenvalue weighted by Gasteiger charge is 2.05. The van der Waals surface area contributed by atoms with Crippen LogP contribution in [0.1, 0.15) is 42.4 Å². The summed E-state index contributed by atoms with van der Waals surface area (Å²) < 4.78 is 0. The predicted octanol–water partition coefficient (Wildman–Crippen LogP) is 8.06. The van der Waals surface area contributed by atoms with E-state index in [1.807, 2.05) is 36.4 Å². The Morgan fingerprint density at radius 2 is 0.857 bits per heavy atom. The van der Waals surface area contributed by atoms with Crippen LogP contribution in [0.2, 0.25) is 0 Å². The first-order chi connectivity index (χ1) is 13.9. The highest BCUT2D eigenvalue weighted by Crippen LogP contribution is 2.25. The molecule has 0 saturated heterocycles. The second-order valence-electron chi connectivity index (χ2n) is 6.96. The topological polar surface area (TPSA) is 0 Å². The van der Waals surface area contributed by atoms with Crippen LogP contribution in [-0.2, 0) is 0 Å². The largest absolute Gasteiger partial charge is 0.0696 e. The zero-order valence-electron chi connectivity index (χ0n) is 16.4. The summed E-state index contributed by atoms with van der Waals surface area (Å²) >= 11 is 0. The summed E-state index contributed by atoms with van der Waals surface area (Å²) in [7, 11) is 0. The molecule has 0 radical (unpaired) electrons. The van der Waals surface area contributed by atoms with E-state index in [0.29, 0.717) is 0 Å². The van der Waals surface area contributed by atoms with Crippen molar-refractivity contribution in [2.24, 2.45) is 0 Å². The van der Waals surface area contributed by atoms with E-state index in [1.54, 1.807) is 5.57 Å². The molecule has 0 heterocycles. The summed E-state index contributed by atoms with van der Waals surface area (Å²) in [5.41, 5.74) is 5.43. The zero-order valence-corrected chi connectivity index (χ0v) is 16.4. The van der Waals surface area contributed by atoms with Gasteiger partial charge in [0.2, 0.25) is 0 Å². The van der Waals surface area contributed by atoms with Gasteiger partial charge in [-0.2, -0.15) is 0 Å². The maximum atomic E-state index is 2.34. The van der Waals surface area contributed by atoms with Gasteiger partial charge in [-0.15, -0.1) is 0 Å². The fourth-order valence-electron chi connectivity index (χ4n) is 3.22. The van der Waals surface area contributed by atoms with Crippen molar-refractivity contribution >= 4 is 18.2 Å². The van der Waals surface area contributed by atoms with Gasteiger partial charge < -0.3 is 0 Å². The van der Waals surface area contributed by atoms with Crippen LogP contribution in [0.25, 0.3) is 18.2 Å². The van der Waals surface area contributed by atoms with Crippen molar-refractivity contribution in [3.63, 3.8) is 0 Å². The summed E-state index contributed by atoms with van der Waals surface area (Å²) in [6.45, 7) is 0. The van der Waals surface area contributed by atoms with E-state index < -0.39 is 0 Å². The van der Waals surface area contributed by atoms with Crippen LogP contribution in [0, 0.1) is 0 Å². The fraction of sp³-hybridized carbons (Fsp3) is 0.143. The molecule has 0 atom stereocenters. The molecule has 0 unspecified atom stereocenters. The van der Waals surface area contributed by atoms with Gasteiger partial charge in [0.1, 0.15) is 0 Å². The van der Waals surface area contributed by atoms with Crippen LogP contribution in [0.5, 0.6) is 0 Å². The van der Waals surface area contributed by atoms with Crippen molar-refractivity contribution in [3.8, 4) is 0 Å². The molecule has 0 spiro atoms. The van der Waals surface area contributed by atoms with Crippen LogP contribution in [-0.4, -0.2) is 0 Å². The molecule has 0 heteroatoms. The Bertz CT molecular complexity index is 829. The van der Waals surface area contributed by atoms with E-state index in [0.717, 1.165) is 0 Å². The van der Waals surface area contributed by atoms with Gasteiger partial charge in [0.15, 0.2) is 0 Å². The van der Waals surface area contributed by atoms with E-state index in [-0.39, 0.29) is 0 Å². The number of hydrogen-bond donors (Lipinski definition) is 0. The molecular weight excluding hydrogens is 336 g/mol. The van der Waals surface area contributed by atoms with Gasteiger partial charge in [0.05, 0.1) is 0 Å². The summed E-state index contributed by atoms with van der Waals surface area (Å²) in [6.07, 6.45) is 16.1. The van der Waals surface area contributed by atoms with Crippen molar-refractivity contribution in [1.29, 1.82) is 0 Å². The zero-order chi connectivity index (χ0) is 19.3. The maximum absolute atomic E-state index is 2.34. The average Bonchev–Trinajstić information content (AvgIpc) is 3.27. The van der Waals surface area contributed by atoms with Crippen LogP contribution >= 0.6 is 0 Å². The second kappa shape index (κ2) is 11.6. The van der Waals surface area contributed by atoms with Gasteiger partial charge in [0.25, 0.3) is 0 Å². The molecule has 140 valence electrons. The quantitative estimate of drug-likeness (QED) is 0.411. The lowest BCUT2D eigenvalue weighted by Gasteiger charge is -1.95. The first kappa shape index (κ1) is 19.6. The van der Waals surface area contributed by atoms with Crippen LogP contribution in [0.15, 0.2) is 109 Å². The van der Waals surface area contributed by atoms with Crippen molar-refractivity contribution in [2.45, 2.75) is 25.7 Å². The molecule has 1 aliphatic rings. The van der Waals surface area contributed by atoms with Gasteiger partial charge in [0, 0.05) is 0 Å². The molecule has 1 aliphatic carbocycles. The third-order valence-electron chi connectivity index (χ3n) is 4.70. The minimum Gasteiger partial charge on any atom is -0.0696 e. The first-order valence-electron chi connectivity index (χ1n) is 10.1. The molecule has 28 heavy (non-hydrogen) atoms. The average molecular weight is 365 g/mol. The third kappa shape index (κ3) is 7.25. The van der Waals surface area contributed by atoms with E-state index in [4.69, 9.17) is 0 Å². The summed E-state index contributed by atoms with van der Waals surface area (Å²) in [6, 6.07) is 31.2. The molecular formula is C28H28. The standard InChI is InChI=1S/C16H14.C12H14/c1-3-9-15(10-4-1)13-7-8-14-16-11-5-2-6-12-16;1-2-6-11(7-3-1)10-12-8-4-5-9-12/h1-14H;1-3,6-7,10H,4-5,8-9H2. The second-order valence-corrected chi connectivity index (χ2v) is 6.96. The minimum absolute atomic E-state index is 1.22. The fourth-order valence-corrected chi connectivity index (χ4v) is 3.22. The number of benzene rings is 3. The Hall–Kier alpha value is -3.12. The lowest BCUT2D eigenvalue weighted by Crippen LogP contribution is -1.73. The molecule has 0 N–H and O–H groups in total. The van der Waals surface area contributed by atoms with Crippen molar-refractivity contribution in [1.82, 2.24) is 0 Å². The smallest absolute Gasteiger partial charge is 0.0257 e. The molecule has 0 aliphatic heterocycles. The summed E-state index contributed by atoms with van der Waals surface area (Å²) in [4.78, 5) is 0. The highest BCUT2D eigenvalue weighted by atomic mass is 14.1. The van der Waals surface area contributed by atoms with Gasteiger partial charge in [-0.05, 0) is 42.4 Å². The molecule has 1 saturated carbocycles. The SMILES string of the molecule is C(=C1CCCC1)c1ccccc1.C(C=Cc1ccccc1)=Cc1ccccc1. The Kier molecular flexibility index (Phi) is 8.11. The Morgan fingerprint density at radius 3 is 1.29 bits per heavy atom. The van der Waals surface area contributed by atoms with Gasteiger partial charge >= 0.3 is 0 Å². The normalized spacial score (nSPS) is 13.5. The molecule has 0 aromatic heterocycles. The van der Waals surface area contributed by atoms with Crippen LogP contribution in [0.4, 0.5) is 0 Å². The molecule has 0 amide bonds. The van der Waals surface area contributed by atoms with Crippen molar-refractivity contribution in [3.05, 3.63) is 125 Å². The molecule has 1 fully saturated rings. The Labute approximate surface area is 169 Å². The predicted molar refractivity (Wildman–Crippen MR) is 124 cm³/mol. The third-order valence-corrected chi connectivity index (χ3v) is 4.70. The van der Waals surface area contributed by atoms with E-state index in [9.17, 15) is 0 Å². The molecule has 4 rings (SSSR count). The van der Waals surface area contributed by atoms with Crippen molar-refractivity contribution in [2.75, 3.05) is 0 Å². The first-order valence-corrected chi connectivity index (χ1v) is 10.1. The van der Waals surface area contributed by atoms with E-state index >= 15 is 0 Å². The number of hydrogen-bond acceptors (Lipinski definition) is 0. The number of allylic oxidation sites excluding steroid dienone is 3. The lowest BCUT2D eigenvalue weighted by molar-refractivity contribution is 0.886. The van der Waals surface area contributed by atoms with Crippen LogP contribution < -0.4 is 0 Å². The van der Waals surface area contributed by atoms with E-state index in [2.05, 4.69) is 85.0 Å². The molecule has 3 aromatic rings. The molecule has 0 bridgehead atoms. The van der Waals surface area contributed by atoms with Crippen LogP contribution in [0.3, 0.4) is 0 Å².